The number of benzene rings is 2. The fraction of sp³-hybridized carbons (Fsp3) is 0.278. The molecule has 0 saturated heterocycles. The van der Waals surface area contributed by atoms with Crippen molar-refractivity contribution in [3.8, 4) is 0 Å². The van der Waals surface area contributed by atoms with Crippen LogP contribution in [0.3, 0.4) is 0 Å². The van der Waals surface area contributed by atoms with Crippen LogP contribution in [-0.2, 0) is 20.7 Å². The Hall–Kier alpha value is -1.98. The summed E-state index contributed by atoms with van der Waals surface area (Å²) in [6.07, 6.45) is 0.978. The number of hydrogen-bond acceptors (Lipinski definition) is 4. The Morgan fingerprint density at radius 2 is 1.74 bits per heavy atom. The molecule has 23 heavy (non-hydrogen) atoms. The fourth-order valence-corrected chi connectivity index (χ4v) is 3.78. The lowest BCUT2D eigenvalue weighted by atomic mass is 9.83. The Labute approximate surface area is 136 Å². The number of Topliss-reactive ketones (excluding diaryl/α,β-unsaturated/α-hetero) is 1. The zero-order valence-corrected chi connectivity index (χ0v) is 13.7. The van der Waals surface area contributed by atoms with Gasteiger partial charge in [0.25, 0.3) is 10.1 Å². The molecule has 0 heterocycles. The van der Waals surface area contributed by atoms with Crippen molar-refractivity contribution in [2.24, 2.45) is 5.92 Å². The Morgan fingerprint density at radius 3 is 2.48 bits per heavy atom. The molecule has 0 spiro atoms. The Kier molecular flexibility index (Phi) is 4.33. The molecule has 5 heteroatoms. The van der Waals surface area contributed by atoms with Crippen LogP contribution in [-0.4, -0.2) is 20.8 Å². The Bertz CT molecular complexity index is 822. The molecule has 1 aliphatic carbocycles. The van der Waals surface area contributed by atoms with Gasteiger partial charge in [0.2, 0.25) is 0 Å². The summed E-state index contributed by atoms with van der Waals surface area (Å²) in [6, 6.07) is 14.0. The quantitative estimate of drug-likeness (QED) is 0.808. The molecule has 0 aliphatic heterocycles. The van der Waals surface area contributed by atoms with Crippen LogP contribution in [0.2, 0.25) is 0 Å². The van der Waals surface area contributed by atoms with Crippen molar-refractivity contribution in [1.29, 1.82) is 0 Å². The number of carbonyl (C=O) groups is 1. The molecule has 0 amide bonds. The Morgan fingerprint density at radius 1 is 1.04 bits per heavy atom. The van der Waals surface area contributed by atoms with E-state index in [2.05, 4.69) is 0 Å². The van der Waals surface area contributed by atoms with Crippen molar-refractivity contribution in [3.63, 3.8) is 0 Å². The van der Waals surface area contributed by atoms with E-state index < -0.39 is 10.1 Å². The van der Waals surface area contributed by atoms with Gasteiger partial charge in [-0.1, -0.05) is 42.0 Å². The van der Waals surface area contributed by atoms with Gasteiger partial charge < -0.3 is 0 Å². The standard InChI is InChI=1S/C18H18O4S/c1-13-6-8-16(9-7-13)23(20,21)22-12-14-10-15-4-2-3-5-17(15)18(19)11-14/h2-9,14H,10-12H2,1H3/t14-/m1/s1. The monoisotopic (exact) mass is 330 g/mol. The van der Waals surface area contributed by atoms with Crippen LogP contribution in [0.25, 0.3) is 0 Å². The smallest absolute Gasteiger partial charge is 0.294 e. The van der Waals surface area contributed by atoms with E-state index in [1.165, 1.54) is 12.1 Å². The van der Waals surface area contributed by atoms with E-state index in [1.54, 1.807) is 12.1 Å². The maximum absolute atomic E-state index is 12.2. The first-order chi connectivity index (χ1) is 11.0. The van der Waals surface area contributed by atoms with Crippen LogP contribution in [0.15, 0.2) is 53.4 Å². The third-order valence-electron chi connectivity index (χ3n) is 4.07. The normalized spacial score (nSPS) is 17.8. The van der Waals surface area contributed by atoms with Crippen molar-refractivity contribution in [3.05, 3.63) is 65.2 Å². The maximum Gasteiger partial charge on any atom is 0.296 e. The molecule has 0 aromatic heterocycles. The minimum absolute atomic E-state index is 0.0241. The van der Waals surface area contributed by atoms with Gasteiger partial charge in [-0.25, -0.2) is 0 Å². The highest BCUT2D eigenvalue weighted by Gasteiger charge is 2.26. The summed E-state index contributed by atoms with van der Waals surface area (Å²) < 4.78 is 29.6. The second kappa shape index (κ2) is 6.26. The zero-order chi connectivity index (χ0) is 16.4. The lowest BCUT2D eigenvalue weighted by molar-refractivity contribution is 0.0927. The van der Waals surface area contributed by atoms with Crippen LogP contribution < -0.4 is 0 Å². The minimum Gasteiger partial charge on any atom is -0.294 e. The molecule has 1 atom stereocenters. The van der Waals surface area contributed by atoms with Gasteiger partial charge in [0.1, 0.15) is 0 Å². The molecular formula is C18H18O4S. The van der Waals surface area contributed by atoms with Gasteiger partial charge in [-0.2, -0.15) is 8.42 Å². The SMILES string of the molecule is Cc1ccc(S(=O)(=O)OC[C@H]2CC(=O)c3ccccc3C2)cc1. The predicted octanol–water partition coefficient (Wildman–Crippen LogP) is 3.15. The predicted molar refractivity (Wildman–Crippen MR) is 86.9 cm³/mol. The molecule has 2 aromatic rings. The van der Waals surface area contributed by atoms with E-state index in [-0.39, 0.29) is 23.2 Å². The van der Waals surface area contributed by atoms with Gasteiger partial charge in [0.15, 0.2) is 5.78 Å². The van der Waals surface area contributed by atoms with Gasteiger partial charge in [-0.3, -0.25) is 8.98 Å². The number of carbonyl (C=O) groups excluding carboxylic acids is 1. The van der Waals surface area contributed by atoms with Crippen LogP contribution in [0, 0.1) is 12.8 Å². The summed E-state index contributed by atoms with van der Waals surface area (Å²) in [7, 11) is -3.78. The molecule has 2 aromatic carbocycles. The molecule has 4 nitrogen and oxygen atoms in total. The van der Waals surface area contributed by atoms with Crippen molar-refractivity contribution in [2.75, 3.05) is 6.61 Å². The molecule has 0 saturated carbocycles. The van der Waals surface area contributed by atoms with Crippen LogP contribution in [0.4, 0.5) is 0 Å². The van der Waals surface area contributed by atoms with E-state index in [9.17, 15) is 13.2 Å². The van der Waals surface area contributed by atoms with Gasteiger partial charge in [-0.15, -0.1) is 0 Å². The zero-order valence-electron chi connectivity index (χ0n) is 12.9. The molecule has 0 unspecified atom stereocenters. The molecule has 120 valence electrons. The first-order valence-electron chi connectivity index (χ1n) is 7.53. The summed E-state index contributed by atoms with van der Waals surface area (Å²) in [5.41, 5.74) is 2.69. The van der Waals surface area contributed by atoms with Crippen LogP contribution in [0.1, 0.15) is 27.9 Å². The molecule has 3 rings (SSSR count). The highest BCUT2D eigenvalue weighted by atomic mass is 32.2. The van der Waals surface area contributed by atoms with E-state index in [0.717, 1.165) is 16.7 Å². The first kappa shape index (κ1) is 15.9. The van der Waals surface area contributed by atoms with E-state index in [0.29, 0.717) is 12.8 Å². The molecule has 0 fully saturated rings. The van der Waals surface area contributed by atoms with Gasteiger partial charge in [-0.05, 0) is 37.0 Å². The topological polar surface area (TPSA) is 60.4 Å². The lowest BCUT2D eigenvalue weighted by Gasteiger charge is -2.23. The van der Waals surface area contributed by atoms with E-state index in [1.807, 2.05) is 31.2 Å². The third-order valence-corrected chi connectivity index (χ3v) is 5.36. The molecule has 1 aliphatic rings. The highest BCUT2D eigenvalue weighted by molar-refractivity contribution is 7.86. The van der Waals surface area contributed by atoms with Crippen molar-refractivity contribution in [2.45, 2.75) is 24.7 Å². The maximum atomic E-state index is 12.2. The van der Waals surface area contributed by atoms with Gasteiger partial charge >= 0.3 is 0 Å². The second-order valence-corrected chi connectivity index (χ2v) is 7.52. The average Bonchev–Trinajstić information content (AvgIpc) is 2.54. The lowest BCUT2D eigenvalue weighted by Crippen LogP contribution is -2.25. The van der Waals surface area contributed by atoms with Crippen LogP contribution >= 0.6 is 0 Å². The van der Waals surface area contributed by atoms with E-state index >= 15 is 0 Å². The molecular weight excluding hydrogens is 312 g/mol. The highest BCUT2D eigenvalue weighted by Crippen LogP contribution is 2.26. The summed E-state index contributed by atoms with van der Waals surface area (Å²) in [4.78, 5) is 12.3. The van der Waals surface area contributed by atoms with Gasteiger partial charge in [0, 0.05) is 12.0 Å². The first-order valence-corrected chi connectivity index (χ1v) is 8.94. The van der Waals surface area contributed by atoms with Crippen molar-refractivity contribution >= 4 is 15.9 Å². The largest absolute Gasteiger partial charge is 0.296 e. The summed E-state index contributed by atoms with van der Waals surface area (Å²) in [5, 5.41) is 0. The molecule has 0 N–H and O–H groups in total. The number of aryl methyl sites for hydroxylation is 1. The van der Waals surface area contributed by atoms with Gasteiger partial charge in [0.05, 0.1) is 11.5 Å². The number of rotatable bonds is 4. The van der Waals surface area contributed by atoms with Crippen molar-refractivity contribution < 1.29 is 17.4 Å². The summed E-state index contributed by atoms with van der Waals surface area (Å²) in [5.74, 6) is -0.0641. The third kappa shape index (κ3) is 3.51. The Balaban J connectivity index is 1.69. The summed E-state index contributed by atoms with van der Waals surface area (Å²) >= 11 is 0. The molecule has 0 bridgehead atoms. The minimum atomic E-state index is -3.78. The average molecular weight is 330 g/mol. The second-order valence-electron chi connectivity index (χ2n) is 5.91. The number of hydrogen-bond donors (Lipinski definition) is 0. The van der Waals surface area contributed by atoms with Crippen LogP contribution in [0.5, 0.6) is 0 Å². The molecule has 0 radical (unpaired) electrons. The van der Waals surface area contributed by atoms with Crippen molar-refractivity contribution in [1.82, 2.24) is 0 Å². The van der Waals surface area contributed by atoms with E-state index in [4.69, 9.17) is 4.18 Å². The fourth-order valence-electron chi connectivity index (χ4n) is 2.80. The number of ketones is 1. The summed E-state index contributed by atoms with van der Waals surface area (Å²) in [6.45, 7) is 1.92. The number of fused-ring (bicyclic) bond motifs is 1.